The molecule has 0 saturated heterocycles. The Labute approximate surface area is 139 Å². The number of rotatable bonds is 8. The van der Waals surface area contributed by atoms with Gasteiger partial charge in [0.15, 0.2) is 0 Å². The second-order valence-corrected chi connectivity index (χ2v) is 5.87. The van der Waals surface area contributed by atoms with Gasteiger partial charge in [-0.3, -0.25) is 0 Å². The molecule has 0 atom stereocenters. The summed E-state index contributed by atoms with van der Waals surface area (Å²) in [6.45, 7) is 4.25. The number of hydrogen-bond acceptors (Lipinski definition) is 4. The van der Waals surface area contributed by atoms with Crippen molar-refractivity contribution in [1.29, 1.82) is 0 Å². The Morgan fingerprint density at radius 1 is 0.957 bits per heavy atom. The van der Waals surface area contributed by atoms with Gasteiger partial charge in [0.1, 0.15) is 12.4 Å². The molecule has 0 aliphatic heterocycles. The molecule has 0 saturated carbocycles. The zero-order valence-corrected chi connectivity index (χ0v) is 14.4. The van der Waals surface area contributed by atoms with E-state index < -0.39 is 0 Å². The first-order chi connectivity index (χ1) is 11.1. The van der Waals surface area contributed by atoms with Crippen molar-refractivity contribution in [2.45, 2.75) is 13.5 Å². The number of aryl methyl sites for hydroxylation is 1. The lowest BCUT2D eigenvalue weighted by atomic mass is 10.1. The van der Waals surface area contributed by atoms with Crippen LogP contribution in [-0.2, 0) is 11.3 Å². The van der Waals surface area contributed by atoms with Gasteiger partial charge in [-0.25, -0.2) is 0 Å². The van der Waals surface area contributed by atoms with E-state index in [-0.39, 0.29) is 0 Å². The largest absolute Gasteiger partial charge is 0.491 e. The SMILES string of the molecule is COCCOc1ccc(Nc2ccc(C)c(CN(C)C)c2)cc1. The van der Waals surface area contributed by atoms with E-state index in [1.165, 1.54) is 11.1 Å². The fourth-order valence-corrected chi connectivity index (χ4v) is 2.30. The molecule has 0 aliphatic rings. The highest BCUT2D eigenvalue weighted by Crippen LogP contribution is 2.22. The Morgan fingerprint density at radius 2 is 1.65 bits per heavy atom. The summed E-state index contributed by atoms with van der Waals surface area (Å²) in [6, 6.07) is 14.4. The number of benzene rings is 2. The van der Waals surface area contributed by atoms with Crippen molar-refractivity contribution in [2.24, 2.45) is 0 Å². The van der Waals surface area contributed by atoms with E-state index in [4.69, 9.17) is 9.47 Å². The van der Waals surface area contributed by atoms with Gasteiger partial charge in [-0.1, -0.05) is 6.07 Å². The number of anilines is 2. The van der Waals surface area contributed by atoms with Crippen molar-refractivity contribution in [3.8, 4) is 5.75 Å². The number of ether oxygens (including phenoxy) is 2. The number of hydrogen-bond donors (Lipinski definition) is 1. The molecule has 2 aromatic rings. The van der Waals surface area contributed by atoms with E-state index in [0.29, 0.717) is 13.2 Å². The highest BCUT2D eigenvalue weighted by molar-refractivity contribution is 5.61. The third-order valence-corrected chi connectivity index (χ3v) is 3.53. The summed E-state index contributed by atoms with van der Waals surface area (Å²) in [5, 5.41) is 3.44. The molecular weight excluding hydrogens is 288 g/mol. The zero-order valence-electron chi connectivity index (χ0n) is 14.4. The monoisotopic (exact) mass is 314 g/mol. The third-order valence-electron chi connectivity index (χ3n) is 3.53. The quantitative estimate of drug-likeness (QED) is 0.751. The summed E-state index contributed by atoms with van der Waals surface area (Å²) in [6.07, 6.45) is 0. The summed E-state index contributed by atoms with van der Waals surface area (Å²) in [7, 11) is 5.84. The maximum absolute atomic E-state index is 5.57. The van der Waals surface area contributed by atoms with Gasteiger partial charge in [0.2, 0.25) is 0 Å². The van der Waals surface area contributed by atoms with E-state index in [0.717, 1.165) is 23.7 Å². The number of nitrogens with one attached hydrogen (secondary N) is 1. The first-order valence-corrected chi connectivity index (χ1v) is 7.81. The van der Waals surface area contributed by atoms with Crippen molar-refractivity contribution in [2.75, 3.05) is 39.7 Å². The lowest BCUT2D eigenvalue weighted by Crippen LogP contribution is -2.11. The van der Waals surface area contributed by atoms with Crippen LogP contribution >= 0.6 is 0 Å². The standard InChI is InChI=1S/C19H26N2O2/c1-15-5-6-18(13-16(15)14-21(2)3)20-17-7-9-19(10-8-17)23-12-11-22-4/h5-10,13,20H,11-12,14H2,1-4H3. The zero-order chi connectivity index (χ0) is 16.7. The van der Waals surface area contributed by atoms with Gasteiger partial charge in [-0.2, -0.15) is 0 Å². The summed E-state index contributed by atoms with van der Waals surface area (Å²) in [4.78, 5) is 2.18. The summed E-state index contributed by atoms with van der Waals surface area (Å²) < 4.78 is 10.5. The Balaban J connectivity index is 2.01. The van der Waals surface area contributed by atoms with Crippen LogP contribution in [0.1, 0.15) is 11.1 Å². The molecule has 4 nitrogen and oxygen atoms in total. The van der Waals surface area contributed by atoms with Crippen molar-refractivity contribution < 1.29 is 9.47 Å². The first kappa shape index (κ1) is 17.3. The average molecular weight is 314 g/mol. The topological polar surface area (TPSA) is 33.7 Å². The molecule has 0 spiro atoms. The lowest BCUT2D eigenvalue weighted by molar-refractivity contribution is 0.146. The fourth-order valence-electron chi connectivity index (χ4n) is 2.30. The molecule has 0 aromatic heterocycles. The molecule has 1 N–H and O–H groups in total. The fraction of sp³-hybridized carbons (Fsp3) is 0.368. The first-order valence-electron chi connectivity index (χ1n) is 7.81. The number of nitrogens with zero attached hydrogens (tertiary/aromatic N) is 1. The van der Waals surface area contributed by atoms with E-state index in [1.807, 2.05) is 24.3 Å². The van der Waals surface area contributed by atoms with Gasteiger partial charge in [-0.15, -0.1) is 0 Å². The van der Waals surface area contributed by atoms with Crippen LogP contribution in [0, 0.1) is 6.92 Å². The summed E-state index contributed by atoms with van der Waals surface area (Å²) in [5.74, 6) is 0.852. The summed E-state index contributed by atoms with van der Waals surface area (Å²) in [5.41, 5.74) is 4.79. The third kappa shape index (κ3) is 5.58. The van der Waals surface area contributed by atoms with Gasteiger partial charge in [0.05, 0.1) is 6.61 Å². The molecule has 0 fully saturated rings. The average Bonchev–Trinajstić information content (AvgIpc) is 2.52. The minimum Gasteiger partial charge on any atom is -0.491 e. The lowest BCUT2D eigenvalue weighted by Gasteiger charge is -2.15. The van der Waals surface area contributed by atoms with Crippen LogP contribution in [0.15, 0.2) is 42.5 Å². The molecule has 0 bridgehead atoms. The predicted molar refractivity (Wildman–Crippen MR) is 95.7 cm³/mol. The molecule has 23 heavy (non-hydrogen) atoms. The van der Waals surface area contributed by atoms with Crippen LogP contribution in [0.5, 0.6) is 5.75 Å². The summed E-state index contributed by atoms with van der Waals surface area (Å²) >= 11 is 0. The maximum Gasteiger partial charge on any atom is 0.119 e. The van der Waals surface area contributed by atoms with Crippen molar-refractivity contribution in [3.05, 3.63) is 53.6 Å². The highest BCUT2D eigenvalue weighted by atomic mass is 16.5. The minimum atomic E-state index is 0.565. The molecule has 2 aromatic carbocycles. The molecule has 0 unspecified atom stereocenters. The molecule has 4 heteroatoms. The van der Waals surface area contributed by atoms with Crippen molar-refractivity contribution >= 4 is 11.4 Å². The van der Waals surface area contributed by atoms with Crippen LogP contribution in [0.2, 0.25) is 0 Å². The van der Waals surface area contributed by atoms with E-state index in [9.17, 15) is 0 Å². The molecule has 0 amide bonds. The van der Waals surface area contributed by atoms with Gasteiger partial charge in [0, 0.05) is 25.0 Å². The molecule has 2 rings (SSSR count). The Morgan fingerprint density at radius 3 is 2.30 bits per heavy atom. The minimum absolute atomic E-state index is 0.565. The van der Waals surface area contributed by atoms with Crippen molar-refractivity contribution in [3.63, 3.8) is 0 Å². The van der Waals surface area contributed by atoms with Crippen LogP contribution in [-0.4, -0.2) is 39.3 Å². The highest BCUT2D eigenvalue weighted by Gasteiger charge is 2.03. The molecular formula is C19H26N2O2. The Hall–Kier alpha value is -2.04. The van der Waals surface area contributed by atoms with Gasteiger partial charge in [-0.05, 0) is 68.5 Å². The Kier molecular flexibility index (Phi) is 6.44. The van der Waals surface area contributed by atoms with Crippen LogP contribution in [0.4, 0.5) is 11.4 Å². The van der Waals surface area contributed by atoms with E-state index >= 15 is 0 Å². The normalized spacial score (nSPS) is 10.8. The van der Waals surface area contributed by atoms with Gasteiger partial charge < -0.3 is 19.7 Å². The second kappa shape index (κ2) is 8.56. The molecule has 0 radical (unpaired) electrons. The smallest absolute Gasteiger partial charge is 0.119 e. The maximum atomic E-state index is 5.57. The van der Waals surface area contributed by atoms with E-state index in [2.05, 4.69) is 49.4 Å². The predicted octanol–water partition coefficient (Wildman–Crippen LogP) is 3.83. The molecule has 0 heterocycles. The Bertz CT molecular complexity index is 609. The van der Waals surface area contributed by atoms with Crippen LogP contribution < -0.4 is 10.1 Å². The molecule has 124 valence electrons. The van der Waals surface area contributed by atoms with E-state index in [1.54, 1.807) is 7.11 Å². The van der Waals surface area contributed by atoms with Crippen LogP contribution in [0.3, 0.4) is 0 Å². The van der Waals surface area contributed by atoms with Crippen molar-refractivity contribution in [1.82, 2.24) is 4.90 Å². The second-order valence-electron chi connectivity index (χ2n) is 5.87. The van der Waals surface area contributed by atoms with Gasteiger partial charge in [0.25, 0.3) is 0 Å². The van der Waals surface area contributed by atoms with Gasteiger partial charge >= 0.3 is 0 Å². The van der Waals surface area contributed by atoms with Crippen LogP contribution in [0.25, 0.3) is 0 Å². The molecule has 0 aliphatic carbocycles. The number of methoxy groups -OCH3 is 1.